The lowest BCUT2D eigenvalue weighted by Crippen LogP contribution is -1.88. The number of nitrogen functional groups attached to an aromatic ring is 1. The van der Waals surface area contributed by atoms with Crippen LogP contribution in [0.5, 0.6) is 0 Å². The maximum absolute atomic E-state index is 13.0. The van der Waals surface area contributed by atoms with Crippen molar-refractivity contribution in [2.45, 2.75) is 0 Å². The van der Waals surface area contributed by atoms with Crippen molar-refractivity contribution in [1.29, 1.82) is 0 Å². The fourth-order valence-electron chi connectivity index (χ4n) is 0.538. The largest absolute Gasteiger partial charge is 0.405 e. The lowest BCUT2D eigenvalue weighted by atomic mass is 10.3. The molecule has 0 aliphatic heterocycles. The number of para-hydroxylation sites is 1. The molecule has 1 rings (SSSR count). The fraction of sp³-hybridized carbons (Fsp3) is 0. The topological polar surface area (TPSA) is 30.4 Å². The minimum atomic E-state index is -0.900. The average Bonchev–Trinajstić information content (AvgIpc) is 2.01. The maximum Gasteiger partial charge on any atom is 0.212 e. The summed E-state index contributed by atoms with van der Waals surface area (Å²) in [7, 11) is 0. The van der Waals surface area contributed by atoms with Crippen LogP contribution in [-0.4, -0.2) is 0 Å². The van der Waals surface area contributed by atoms with E-state index in [1.807, 2.05) is 0 Å². The van der Waals surface area contributed by atoms with Crippen LogP contribution in [0.15, 0.2) is 18.2 Å². The van der Waals surface area contributed by atoms with Gasteiger partial charge in [0.2, 0.25) is 5.69 Å². The summed E-state index contributed by atoms with van der Waals surface area (Å²) in [5.74, 6) is -0.900. The number of nitrogens with two attached hydrogens (primary N) is 1. The van der Waals surface area contributed by atoms with E-state index in [4.69, 9.17) is 10.8 Å². The average molecular weight is 139 g/mol. The Labute approximate surface area is 62.2 Å². The van der Waals surface area contributed by atoms with Gasteiger partial charge < -0.3 is 5.72 Å². The van der Waals surface area contributed by atoms with Crippen LogP contribution < -0.4 is 5.72 Å². The molecule has 0 radical (unpaired) electrons. The number of nitrogens with zero attached hydrogens (tertiary/aromatic N) is 1. The highest BCUT2D eigenvalue weighted by Gasteiger charge is 2.01. The summed E-state index contributed by atoms with van der Waals surface area (Å²) in [4.78, 5) is 2.92. The summed E-state index contributed by atoms with van der Waals surface area (Å²) in [5.41, 5.74) is -0.594. The molecule has 1 aromatic carbocycles. The van der Waals surface area contributed by atoms with Gasteiger partial charge in [-0.2, -0.15) is 0 Å². The highest BCUT2D eigenvalue weighted by molar-refractivity contribution is 5.67. The molecule has 0 aliphatic carbocycles. The van der Waals surface area contributed by atoms with E-state index in [1.165, 1.54) is 0 Å². The summed E-state index contributed by atoms with van der Waals surface area (Å²) < 4.78 is 33.8. The van der Waals surface area contributed by atoms with E-state index in [2.05, 4.69) is 4.85 Å². The normalized spacial score (nSPS) is 12.6. The second-order valence-corrected chi connectivity index (χ2v) is 1.65. The molecule has 50 valence electrons. The summed E-state index contributed by atoms with van der Waals surface area (Å²) in [6.07, 6.45) is 0. The number of halogens is 1. The van der Waals surface area contributed by atoms with Gasteiger partial charge in [0.25, 0.3) is 0 Å². The summed E-state index contributed by atoms with van der Waals surface area (Å²) in [5, 5.41) is 0. The van der Waals surface area contributed by atoms with Crippen LogP contribution in [0.3, 0.4) is 0 Å². The molecule has 0 atom stereocenters. The molecule has 0 saturated heterocycles. The first-order valence-electron chi connectivity index (χ1n) is 3.91. The van der Waals surface area contributed by atoms with Gasteiger partial charge >= 0.3 is 0 Å². The van der Waals surface area contributed by atoms with Crippen LogP contribution in [0.4, 0.5) is 15.8 Å². The molecule has 0 saturated carbocycles. The minimum absolute atomic E-state index is 0.0299. The second kappa shape index (κ2) is 2.36. The van der Waals surface area contributed by atoms with Crippen LogP contribution in [-0.2, 0) is 0 Å². The monoisotopic (exact) mass is 139 g/mol. The molecule has 1 aromatic rings. The second-order valence-electron chi connectivity index (χ2n) is 1.65. The minimum Gasteiger partial charge on any atom is -0.405 e. The zero-order chi connectivity index (χ0) is 10.0. The molecule has 0 unspecified atom stereocenters. The Kier molecular flexibility index (Phi) is 0.842. The molecular weight excluding hydrogens is 131 g/mol. The van der Waals surface area contributed by atoms with Gasteiger partial charge in [-0.3, -0.25) is 0 Å². The number of rotatable bonds is 1. The molecule has 0 aliphatic rings. The quantitative estimate of drug-likeness (QED) is 0.468. The van der Waals surface area contributed by atoms with E-state index in [1.54, 1.807) is 0 Å². The van der Waals surface area contributed by atoms with E-state index in [0.717, 1.165) is 12.1 Å². The predicted octanol–water partition coefficient (Wildman–Crippen LogP) is 1.96. The zero-order valence-corrected chi connectivity index (χ0v) is 4.93. The van der Waals surface area contributed by atoms with E-state index in [-0.39, 0.29) is 17.4 Å². The van der Waals surface area contributed by atoms with E-state index in [9.17, 15) is 4.39 Å². The third-order valence-electron chi connectivity index (χ3n) is 1.02. The van der Waals surface area contributed by atoms with Gasteiger partial charge in [-0.15, -0.1) is 0 Å². The Morgan fingerprint density at radius 3 is 3.20 bits per heavy atom. The van der Waals surface area contributed by atoms with Crippen molar-refractivity contribution in [1.82, 2.24) is 0 Å². The van der Waals surface area contributed by atoms with Gasteiger partial charge in [-0.25, -0.2) is 9.24 Å². The molecule has 0 bridgehead atoms. The van der Waals surface area contributed by atoms with Crippen LogP contribution >= 0.6 is 0 Å². The lowest BCUT2D eigenvalue weighted by Gasteiger charge is -1.95. The standard InChI is InChI=1S/C7H5FN2/c1-10-6-4-2-3-5(8)7(6)9/h2-4H,9H2/i2D/hD2. The Morgan fingerprint density at radius 2 is 2.60 bits per heavy atom. The molecular formula is C7H5FN2. The van der Waals surface area contributed by atoms with Crippen molar-refractivity contribution in [3.63, 3.8) is 0 Å². The Hall–Kier alpha value is -1.56. The molecule has 10 heavy (non-hydrogen) atoms. The summed E-state index contributed by atoms with van der Waals surface area (Å²) >= 11 is 0. The Morgan fingerprint density at radius 1 is 1.80 bits per heavy atom. The fourth-order valence-corrected chi connectivity index (χ4v) is 0.538. The van der Waals surface area contributed by atoms with Crippen LogP contribution in [0.25, 0.3) is 4.85 Å². The molecule has 0 spiro atoms. The van der Waals surface area contributed by atoms with Crippen molar-refractivity contribution in [2.75, 3.05) is 5.72 Å². The number of hydrogen-bond donors (Lipinski definition) is 1. The molecule has 2 nitrogen and oxygen atoms in total. The molecule has 0 amide bonds. The maximum atomic E-state index is 13.0. The highest BCUT2D eigenvalue weighted by Crippen LogP contribution is 2.23. The van der Waals surface area contributed by atoms with Crippen molar-refractivity contribution in [3.05, 3.63) is 35.4 Å². The van der Waals surface area contributed by atoms with Crippen molar-refractivity contribution in [2.24, 2.45) is 0 Å². The van der Waals surface area contributed by atoms with Gasteiger partial charge in [0.1, 0.15) is 5.82 Å². The van der Waals surface area contributed by atoms with Gasteiger partial charge in [0.15, 0.2) is 2.82 Å². The lowest BCUT2D eigenvalue weighted by molar-refractivity contribution is 0.633. The SMILES string of the molecule is [2H]c1cc(F)c(N([2H])[2H])c([N+]#[C-])c1. The van der Waals surface area contributed by atoms with Gasteiger partial charge in [0.05, 0.1) is 13.6 Å². The first-order chi connectivity index (χ1) is 6.06. The molecule has 0 heterocycles. The first-order valence-corrected chi connectivity index (χ1v) is 2.51. The van der Waals surface area contributed by atoms with Gasteiger partial charge in [-0.05, 0) is 6.07 Å². The molecule has 0 aromatic heterocycles. The molecule has 0 fully saturated rings. The van der Waals surface area contributed by atoms with Crippen molar-refractivity contribution in [3.8, 4) is 0 Å². The van der Waals surface area contributed by atoms with Crippen molar-refractivity contribution >= 4 is 11.4 Å². The third-order valence-corrected chi connectivity index (χ3v) is 1.02. The summed E-state index contributed by atoms with van der Waals surface area (Å²) in [6.45, 7) is 6.65. The zero-order valence-electron chi connectivity index (χ0n) is 7.93. The number of hydrogen-bond acceptors (Lipinski definition) is 1. The summed E-state index contributed by atoms with van der Waals surface area (Å²) in [6, 6.07) is 1.83. The predicted molar refractivity (Wildman–Crippen MR) is 37.1 cm³/mol. The Balaban J connectivity index is 3.41. The van der Waals surface area contributed by atoms with Gasteiger partial charge in [0, 0.05) is 0 Å². The third kappa shape index (κ3) is 0.914. The first kappa shape index (κ1) is 3.57. The van der Waals surface area contributed by atoms with E-state index in [0.29, 0.717) is 0 Å². The number of anilines is 1. The Bertz CT molecular complexity index is 373. The van der Waals surface area contributed by atoms with Crippen molar-refractivity contribution < 1.29 is 8.58 Å². The highest BCUT2D eigenvalue weighted by atomic mass is 19.1. The number of benzene rings is 1. The smallest absolute Gasteiger partial charge is 0.212 e. The van der Waals surface area contributed by atoms with Gasteiger partial charge in [-0.1, -0.05) is 12.1 Å². The molecule has 3 heteroatoms. The van der Waals surface area contributed by atoms with Crippen LogP contribution in [0.1, 0.15) is 1.37 Å². The van der Waals surface area contributed by atoms with E-state index >= 15 is 0 Å². The van der Waals surface area contributed by atoms with E-state index < -0.39 is 11.5 Å². The van der Waals surface area contributed by atoms with Crippen LogP contribution in [0, 0.1) is 12.4 Å². The molecule has 2 N–H and O–H groups in total. The van der Waals surface area contributed by atoms with Crippen LogP contribution in [0.2, 0.25) is 2.82 Å².